The summed E-state index contributed by atoms with van der Waals surface area (Å²) in [5, 5.41) is 0. The molecule has 1 saturated heterocycles. The van der Waals surface area contributed by atoms with Crippen molar-refractivity contribution in [3.05, 3.63) is 0 Å². The Morgan fingerprint density at radius 2 is 2.33 bits per heavy atom. The summed E-state index contributed by atoms with van der Waals surface area (Å²) in [7, 11) is 0. The third-order valence-corrected chi connectivity index (χ3v) is 7.16. The first-order valence-electron chi connectivity index (χ1n) is 3.76. The van der Waals surface area contributed by atoms with E-state index in [1.54, 1.807) is 4.43 Å². The van der Waals surface area contributed by atoms with Gasteiger partial charge in [-0.1, -0.05) is 0 Å². The topological polar surface area (TPSA) is 0 Å². The van der Waals surface area contributed by atoms with Crippen LogP contribution < -0.4 is 21.2 Å². The molecule has 1 rings (SSSR count). The molecule has 0 spiro atoms. The van der Waals surface area contributed by atoms with Crippen molar-refractivity contribution >= 4 is 0 Å². The average Bonchev–Trinajstić information content (AvgIpc) is 2.13. The molecule has 0 N–H and O–H groups in total. The summed E-state index contributed by atoms with van der Waals surface area (Å²) >= 11 is 0.552. The monoisotopic (exact) mass is 239 g/mol. The van der Waals surface area contributed by atoms with Crippen LogP contribution >= 0.6 is 0 Å². The number of rotatable bonds is 1. The van der Waals surface area contributed by atoms with E-state index in [0.29, 0.717) is 21.2 Å². The van der Waals surface area contributed by atoms with Crippen LogP contribution in [-0.4, -0.2) is 7.85 Å². The first-order valence-corrected chi connectivity index (χ1v) is 6.37. The van der Waals surface area contributed by atoms with Crippen LogP contribution in [0.3, 0.4) is 0 Å². The van der Waals surface area contributed by atoms with Crippen molar-refractivity contribution in [1.82, 2.24) is 0 Å². The van der Waals surface area contributed by atoms with Gasteiger partial charge in [0, 0.05) is 0 Å². The Morgan fingerprint density at radius 3 is 2.56 bits per heavy atom. The number of hydrogen-bond donors (Lipinski definition) is 0. The van der Waals surface area contributed by atoms with E-state index in [1.165, 1.54) is 12.8 Å². The van der Waals surface area contributed by atoms with E-state index < -0.39 is 0 Å². The summed E-state index contributed by atoms with van der Waals surface area (Å²) in [5.41, 5.74) is 0. The first-order chi connectivity index (χ1) is 4.16. The van der Waals surface area contributed by atoms with E-state index >= 15 is 0 Å². The molecule has 1 fully saturated rings. The van der Waals surface area contributed by atoms with Crippen LogP contribution in [0.2, 0.25) is 0 Å². The van der Waals surface area contributed by atoms with E-state index in [1.807, 2.05) is 0 Å². The quantitative estimate of drug-likeness (QED) is 0.418. The minimum atomic E-state index is 0.552. The second-order valence-corrected chi connectivity index (χ2v) is 7.61. The molecule has 1 aliphatic heterocycles. The Morgan fingerprint density at radius 1 is 1.67 bits per heavy atom. The van der Waals surface area contributed by atoms with Crippen LogP contribution in [0.4, 0.5) is 0 Å². The van der Waals surface area contributed by atoms with E-state index in [2.05, 4.69) is 20.8 Å². The van der Waals surface area contributed by atoms with Crippen molar-refractivity contribution in [1.29, 1.82) is 0 Å². The Labute approximate surface area is 68.7 Å². The third-order valence-electron chi connectivity index (χ3n) is 2.17. The summed E-state index contributed by atoms with van der Waals surface area (Å²) in [6, 6.07) is 0. The predicted octanol–water partition coefficient (Wildman–Crippen LogP) is -0.716. The van der Waals surface area contributed by atoms with Gasteiger partial charge in [0.05, 0.1) is 0 Å². The number of alkyl halides is 2. The Balaban J connectivity index is 2.45. The van der Waals surface area contributed by atoms with Gasteiger partial charge in [-0.25, -0.2) is 0 Å². The first kappa shape index (κ1) is 7.83. The van der Waals surface area contributed by atoms with Gasteiger partial charge < -0.3 is 0 Å². The molecule has 56 valence electrons. The predicted molar refractivity (Wildman–Crippen MR) is 37.3 cm³/mol. The van der Waals surface area contributed by atoms with Gasteiger partial charge in [0.1, 0.15) is 0 Å². The van der Waals surface area contributed by atoms with Crippen molar-refractivity contribution in [3.8, 4) is 0 Å². The van der Waals surface area contributed by atoms with Crippen LogP contribution in [0.1, 0.15) is 33.6 Å². The molecule has 1 aliphatic rings. The normalized spacial score (nSPS) is 44.6. The van der Waals surface area contributed by atoms with E-state index in [0.717, 1.165) is 9.34 Å². The zero-order valence-electron chi connectivity index (χ0n) is 6.58. The van der Waals surface area contributed by atoms with Gasteiger partial charge in [0.25, 0.3) is 0 Å². The van der Waals surface area contributed by atoms with Gasteiger partial charge in [-0.05, 0) is 0 Å². The molecule has 2 atom stereocenters. The molecule has 1 heterocycles. The summed E-state index contributed by atoms with van der Waals surface area (Å²) in [4.78, 5) is 0. The molecule has 9 heavy (non-hydrogen) atoms. The zero-order valence-corrected chi connectivity index (χ0v) is 8.73. The van der Waals surface area contributed by atoms with Crippen molar-refractivity contribution in [2.45, 2.75) is 37.0 Å². The molecule has 0 amide bonds. The number of halogens is 1. The van der Waals surface area contributed by atoms with Crippen LogP contribution in [0, 0.1) is 5.92 Å². The molecule has 0 saturated carbocycles. The molecular formula is C8H16I-. The van der Waals surface area contributed by atoms with Gasteiger partial charge in [0.2, 0.25) is 0 Å². The summed E-state index contributed by atoms with van der Waals surface area (Å²) in [6.45, 7) is 7.22. The number of hydrogen-bond acceptors (Lipinski definition) is 0. The third kappa shape index (κ3) is 1.82. The molecule has 0 aromatic rings. The van der Waals surface area contributed by atoms with E-state index in [-0.39, 0.29) is 0 Å². The Kier molecular flexibility index (Phi) is 2.41. The van der Waals surface area contributed by atoms with Gasteiger partial charge >= 0.3 is 68.6 Å². The fourth-order valence-electron chi connectivity index (χ4n) is 1.39. The minimum absolute atomic E-state index is 0.552. The maximum atomic E-state index is 2.48. The molecule has 0 aliphatic carbocycles. The van der Waals surface area contributed by atoms with Gasteiger partial charge in [-0.2, -0.15) is 0 Å². The summed E-state index contributed by atoms with van der Waals surface area (Å²) in [5.74, 6) is 1.04. The molecule has 0 aromatic carbocycles. The van der Waals surface area contributed by atoms with E-state index in [9.17, 15) is 0 Å². The summed E-state index contributed by atoms with van der Waals surface area (Å²) < 4.78 is 2.39. The van der Waals surface area contributed by atoms with Crippen molar-refractivity contribution in [2.75, 3.05) is 4.43 Å². The fraction of sp³-hybridized carbons (Fsp3) is 1.00. The average molecular weight is 239 g/mol. The van der Waals surface area contributed by atoms with Crippen molar-refractivity contribution < 1.29 is 21.2 Å². The fourth-order valence-corrected chi connectivity index (χ4v) is 5.12. The van der Waals surface area contributed by atoms with Crippen LogP contribution in [-0.2, 0) is 0 Å². The van der Waals surface area contributed by atoms with Gasteiger partial charge in [-0.15, -0.1) is 0 Å². The van der Waals surface area contributed by atoms with Crippen molar-refractivity contribution in [3.63, 3.8) is 0 Å². The van der Waals surface area contributed by atoms with Crippen LogP contribution in [0.5, 0.6) is 0 Å². The summed E-state index contributed by atoms with van der Waals surface area (Å²) in [6.07, 6.45) is 2.93. The second-order valence-electron chi connectivity index (χ2n) is 3.36. The van der Waals surface area contributed by atoms with Crippen LogP contribution in [0.25, 0.3) is 0 Å². The Bertz CT molecular complexity index is 101. The Hall–Kier alpha value is 0.730. The standard InChI is InChI=1S/C8H16I/c1-4-8(3)5-7(2)6-9-8/h7H,4-6H2,1-3H3/q-1/t7?,8-/m1/s1. The molecule has 0 nitrogen and oxygen atoms in total. The maximum absolute atomic E-state index is 2.48. The van der Waals surface area contributed by atoms with E-state index in [4.69, 9.17) is 0 Å². The zero-order chi connectivity index (χ0) is 6.91. The molecular weight excluding hydrogens is 223 g/mol. The molecule has 0 bridgehead atoms. The molecule has 0 radical (unpaired) electrons. The molecule has 0 aromatic heterocycles. The van der Waals surface area contributed by atoms with Crippen molar-refractivity contribution in [2.24, 2.45) is 5.92 Å². The second kappa shape index (κ2) is 2.77. The van der Waals surface area contributed by atoms with Gasteiger partial charge in [-0.3, -0.25) is 0 Å². The molecule has 1 heteroatoms. The SMILES string of the molecule is CC[C@]1(C)CC(C)C[I-]1. The van der Waals surface area contributed by atoms with Gasteiger partial charge in [0.15, 0.2) is 0 Å². The van der Waals surface area contributed by atoms with Crippen LogP contribution in [0.15, 0.2) is 0 Å². The molecule has 1 unspecified atom stereocenters.